The fourth-order valence-corrected chi connectivity index (χ4v) is 4.89. The highest BCUT2D eigenvalue weighted by atomic mass is 16.5. The van der Waals surface area contributed by atoms with Crippen LogP contribution in [-0.2, 0) is 0 Å². The van der Waals surface area contributed by atoms with Crippen molar-refractivity contribution < 1.29 is 14.9 Å². The van der Waals surface area contributed by atoms with Crippen molar-refractivity contribution in [1.82, 2.24) is 9.55 Å². The predicted molar refractivity (Wildman–Crippen MR) is 167 cm³/mol. The molecule has 204 valence electrons. The number of benzene rings is 5. The number of ether oxygens (including phenoxy) is 1. The lowest BCUT2D eigenvalue weighted by Crippen LogP contribution is -2.23. The molecule has 0 aliphatic rings. The predicted octanol–water partition coefficient (Wildman–Crippen LogP) is 6.84. The van der Waals surface area contributed by atoms with Crippen molar-refractivity contribution in [2.45, 2.75) is 6.92 Å². The molecule has 1 heterocycles. The highest BCUT2D eigenvalue weighted by Crippen LogP contribution is 2.26. The smallest absolute Gasteiger partial charge is 0.266 e. The van der Waals surface area contributed by atoms with Gasteiger partial charge >= 0.3 is 0 Å². The van der Waals surface area contributed by atoms with Crippen LogP contribution in [0.4, 0.5) is 0 Å². The largest absolute Gasteiger partial charge is 0.508 e. The Hall–Kier alpha value is -5.80. The van der Waals surface area contributed by atoms with E-state index in [1.165, 1.54) is 12.1 Å². The highest BCUT2D eigenvalue weighted by molar-refractivity contribution is 5.85. The van der Waals surface area contributed by atoms with Gasteiger partial charge in [-0.25, -0.2) is 4.98 Å². The van der Waals surface area contributed by atoms with Crippen LogP contribution in [-0.4, -0.2) is 26.9 Å². The number of hydrogen-bond donors (Lipinski definition) is 2. The Labute approximate surface area is 242 Å². The van der Waals surface area contributed by atoms with Crippen molar-refractivity contribution >= 4 is 33.8 Å². The zero-order chi connectivity index (χ0) is 29.2. The van der Waals surface area contributed by atoms with Crippen molar-refractivity contribution in [1.29, 1.82) is 0 Å². The van der Waals surface area contributed by atoms with E-state index in [0.717, 1.165) is 33.2 Å². The summed E-state index contributed by atoms with van der Waals surface area (Å²) in [7, 11) is 1.65. The van der Waals surface area contributed by atoms with Crippen LogP contribution in [0.1, 0.15) is 28.1 Å². The molecule has 6 heteroatoms. The summed E-state index contributed by atoms with van der Waals surface area (Å²) in [5, 5.41) is 22.5. The summed E-state index contributed by atoms with van der Waals surface area (Å²) in [6.07, 6.45) is 3.35. The van der Waals surface area contributed by atoms with Crippen LogP contribution in [0.2, 0.25) is 0 Å². The van der Waals surface area contributed by atoms with Crippen molar-refractivity contribution in [3.05, 3.63) is 135 Å². The number of hydrogen-bond acceptors (Lipinski definition) is 5. The summed E-state index contributed by atoms with van der Waals surface area (Å²) in [4.78, 5) is 18.5. The Bertz CT molecular complexity index is 2150. The SMILES string of the molecule is COc1ccc2cc(C#Cc3ccc(-n4c(C=Cc5ccc(O)cc5O)nc5ccccc5c4=O)c(C)c3)ccc2c1. The van der Waals surface area contributed by atoms with E-state index in [1.807, 2.05) is 73.7 Å². The number of methoxy groups -OCH3 is 1. The molecule has 0 bridgehead atoms. The Balaban J connectivity index is 1.39. The Kier molecular flexibility index (Phi) is 6.92. The molecular formula is C36H26N2O4. The number of phenols is 2. The third kappa shape index (κ3) is 5.19. The molecule has 0 unspecified atom stereocenters. The number of para-hydroxylation sites is 1. The van der Waals surface area contributed by atoms with E-state index >= 15 is 0 Å². The number of aromatic nitrogens is 2. The first-order valence-electron chi connectivity index (χ1n) is 13.3. The number of aromatic hydroxyl groups is 2. The van der Waals surface area contributed by atoms with Crippen LogP contribution in [0.3, 0.4) is 0 Å². The lowest BCUT2D eigenvalue weighted by Gasteiger charge is -2.14. The minimum atomic E-state index is -0.204. The third-order valence-electron chi connectivity index (χ3n) is 7.06. The van der Waals surface area contributed by atoms with Crippen LogP contribution >= 0.6 is 0 Å². The summed E-state index contributed by atoms with van der Waals surface area (Å²) in [6.45, 7) is 1.94. The summed E-state index contributed by atoms with van der Waals surface area (Å²) >= 11 is 0. The van der Waals surface area contributed by atoms with Crippen molar-refractivity contribution in [2.24, 2.45) is 0 Å². The average molecular weight is 551 g/mol. The molecule has 0 amide bonds. The summed E-state index contributed by atoms with van der Waals surface area (Å²) in [6, 6.07) is 29.3. The minimum absolute atomic E-state index is 0.0366. The van der Waals surface area contributed by atoms with E-state index in [2.05, 4.69) is 11.8 Å². The van der Waals surface area contributed by atoms with Crippen molar-refractivity contribution in [3.8, 4) is 34.8 Å². The molecule has 6 rings (SSSR count). The van der Waals surface area contributed by atoms with Gasteiger partial charge in [-0.1, -0.05) is 36.1 Å². The molecule has 2 N–H and O–H groups in total. The monoisotopic (exact) mass is 550 g/mol. The third-order valence-corrected chi connectivity index (χ3v) is 7.06. The molecule has 0 saturated carbocycles. The molecule has 6 nitrogen and oxygen atoms in total. The molecule has 42 heavy (non-hydrogen) atoms. The van der Waals surface area contributed by atoms with Crippen molar-refractivity contribution in [3.63, 3.8) is 0 Å². The fourth-order valence-electron chi connectivity index (χ4n) is 4.89. The lowest BCUT2D eigenvalue weighted by atomic mass is 10.1. The van der Waals surface area contributed by atoms with Crippen molar-refractivity contribution in [2.75, 3.05) is 7.11 Å². The van der Waals surface area contributed by atoms with E-state index < -0.39 is 0 Å². The average Bonchev–Trinajstić information content (AvgIpc) is 3.00. The first-order chi connectivity index (χ1) is 20.4. The molecule has 0 spiro atoms. The van der Waals surface area contributed by atoms with E-state index in [9.17, 15) is 15.0 Å². The lowest BCUT2D eigenvalue weighted by molar-refractivity contribution is 0.415. The first-order valence-corrected chi connectivity index (χ1v) is 13.3. The molecule has 0 aliphatic carbocycles. The maximum atomic E-state index is 13.7. The van der Waals surface area contributed by atoms with Crippen LogP contribution in [0.15, 0.2) is 102 Å². The van der Waals surface area contributed by atoms with E-state index in [1.54, 1.807) is 42.0 Å². The zero-order valence-electron chi connectivity index (χ0n) is 23.0. The van der Waals surface area contributed by atoms with Crippen LogP contribution in [0, 0.1) is 18.8 Å². The molecule has 0 aliphatic heterocycles. The standard InChI is InChI=1S/C36H26N2O4/c1-23-19-24(7-8-25-9-11-28-21-30(42-2)16-13-27(28)20-25)10-17-33(23)38-35(18-14-26-12-15-29(39)22-34(26)40)37-32-6-4-3-5-31(32)36(38)41/h3-6,9-22,39-40H,1-2H3. The second-order valence-corrected chi connectivity index (χ2v) is 9.88. The number of fused-ring (bicyclic) bond motifs is 2. The van der Waals surface area contributed by atoms with Gasteiger partial charge in [0.15, 0.2) is 0 Å². The van der Waals surface area contributed by atoms with Gasteiger partial charge < -0.3 is 14.9 Å². The van der Waals surface area contributed by atoms with Gasteiger partial charge in [-0.3, -0.25) is 9.36 Å². The Morgan fingerprint density at radius 1 is 0.810 bits per heavy atom. The van der Waals surface area contributed by atoms with Gasteiger partial charge in [-0.2, -0.15) is 0 Å². The normalized spacial score (nSPS) is 11.1. The highest BCUT2D eigenvalue weighted by Gasteiger charge is 2.13. The maximum absolute atomic E-state index is 13.7. The summed E-state index contributed by atoms with van der Waals surface area (Å²) < 4.78 is 6.88. The number of rotatable bonds is 4. The molecule has 0 saturated heterocycles. The van der Waals surface area contributed by atoms with Crippen LogP contribution in [0.25, 0.3) is 39.5 Å². The van der Waals surface area contributed by atoms with Crippen LogP contribution in [0.5, 0.6) is 17.2 Å². The second kappa shape index (κ2) is 11.0. The molecular weight excluding hydrogens is 524 g/mol. The van der Waals surface area contributed by atoms with Crippen LogP contribution < -0.4 is 10.3 Å². The quantitative estimate of drug-likeness (QED) is 0.235. The van der Waals surface area contributed by atoms with Gasteiger partial charge in [0.05, 0.1) is 23.7 Å². The molecule has 1 aromatic heterocycles. The van der Waals surface area contributed by atoms with Gasteiger partial charge in [0, 0.05) is 22.8 Å². The molecule has 0 fully saturated rings. The zero-order valence-corrected chi connectivity index (χ0v) is 23.0. The number of phenolic OH excluding ortho intramolecular Hbond substituents is 2. The molecule has 6 aromatic rings. The Morgan fingerprint density at radius 2 is 1.55 bits per heavy atom. The van der Waals surface area contributed by atoms with Gasteiger partial charge in [0.2, 0.25) is 0 Å². The minimum Gasteiger partial charge on any atom is -0.508 e. The van der Waals surface area contributed by atoms with Gasteiger partial charge in [0.25, 0.3) is 5.56 Å². The second-order valence-electron chi connectivity index (χ2n) is 9.88. The fraction of sp³-hybridized carbons (Fsp3) is 0.0556. The van der Waals surface area contributed by atoms with Gasteiger partial charge in [-0.05, 0) is 102 Å². The first kappa shape index (κ1) is 26.4. The van der Waals surface area contributed by atoms with Gasteiger partial charge in [-0.15, -0.1) is 0 Å². The topological polar surface area (TPSA) is 84.6 Å². The van der Waals surface area contributed by atoms with Gasteiger partial charge in [0.1, 0.15) is 23.1 Å². The summed E-state index contributed by atoms with van der Waals surface area (Å²) in [5.41, 5.74) is 4.10. The number of aryl methyl sites for hydroxylation is 1. The number of nitrogens with zero attached hydrogens (tertiary/aromatic N) is 2. The molecule has 0 radical (unpaired) electrons. The van der Waals surface area contributed by atoms with E-state index in [4.69, 9.17) is 9.72 Å². The Morgan fingerprint density at radius 3 is 2.33 bits per heavy atom. The molecule has 5 aromatic carbocycles. The van der Waals surface area contributed by atoms with E-state index in [0.29, 0.717) is 28.0 Å². The maximum Gasteiger partial charge on any atom is 0.266 e. The van der Waals surface area contributed by atoms with E-state index in [-0.39, 0.29) is 17.1 Å². The molecule has 0 atom stereocenters. The summed E-state index contributed by atoms with van der Waals surface area (Å²) in [5.74, 6) is 7.60.